The standard InChI is InChI=1S/C59H81N11O17/c1-31(2)47(56(83)61-29-45(74)63-43(30-71)54(81)64-40(23-24-46(75)76)52(79)62-33(5)50(77)66-42(59(86)87)28-36-16-11-8-12-17-36)67-53(80)41(27-35-14-9-7-10-15-35)65-57(84)49(34(6)72)69-55(82)44-18-13-25-70(44)58(85)48(32(3)4)68-51(78)39(60)26-37-19-21-38(73)22-20-37/h7-12,14-17,19-22,31-34,39-44,47-49,71-73H,13,18,23-30,60H2,1-6H3,(H,61,83)(H,62,79)(H,63,74)(H,64,81)(H,65,84)(H,66,77)(H,67,80)(H,68,78)(H,69,82)(H,75,76)(H,86,87)/t33-,34+,39-,40-,41-,42-,43-,44-,47-,48-,49-/m0/s1. The summed E-state index contributed by atoms with van der Waals surface area (Å²) >= 11 is 0. The van der Waals surface area contributed by atoms with Gasteiger partial charge in [-0.1, -0.05) is 100 Å². The van der Waals surface area contributed by atoms with Crippen LogP contribution in [-0.2, 0) is 76.8 Å². The van der Waals surface area contributed by atoms with Gasteiger partial charge in [-0.05, 0) is 80.2 Å². The molecule has 0 radical (unpaired) electrons. The highest BCUT2D eigenvalue weighted by molar-refractivity contribution is 5.99. The number of carboxylic acid groups (broad SMARTS) is 2. The summed E-state index contributed by atoms with van der Waals surface area (Å²) in [5.41, 5.74) is 8.01. The minimum atomic E-state index is -1.78. The van der Waals surface area contributed by atoms with Crippen molar-refractivity contribution in [2.24, 2.45) is 17.6 Å². The summed E-state index contributed by atoms with van der Waals surface area (Å²) in [4.78, 5) is 161. The minimum Gasteiger partial charge on any atom is -0.508 e. The third-order valence-corrected chi connectivity index (χ3v) is 14.2. The topological polar surface area (TPSA) is 444 Å². The van der Waals surface area contributed by atoms with Crippen LogP contribution in [-0.4, -0.2) is 188 Å². The Bertz CT molecular complexity index is 2880. The lowest BCUT2D eigenvalue weighted by Gasteiger charge is -2.32. The molecule has 0 spiro atoms. The van der Waals surface area contributed by atoms with E-state index < -0.39 is 175 Å². The minimum absolute atomic E-state index is 0.0333. The van der Waals surface area contributed by atoms with Gasteiger partial charge in [0.2, 0.25) is 59.1 Å². The molecule has 3 aromatic rings. The van der Waals surface area contributed by atoms with E-state index in [1.165, 1.54) is 30.9 Å². The van der Waals surface area contributed by atoms with Crippen molar-refractivity contribution in [1.82, 2.24) is 52.8 Å². The average molecular weight is 1220 g/mol. The number of likely N-dealkylation sites (tertiary alicyclic amines) is 1. The van der Waals surface area contributed by atoms with E-state index in [1.54, 1.807) is 100 Å². The third kappa shape index (κ3) is 22.4. The Labute approximate surface area is 502 Å². The maximum absolute atomic E-state index is 14.2. The van der Waals surface area contributed by atoms with Crippen molar-refractivity contribution in [3.8, 4) is 5.75 Å². The van der Waals surface area contributed by atoms with Crippen LogP contribution in [0.25, 0.3) is 0 Å². The quantitative estimate of drug-likeness (QED) is 0.0297. The molecule has 1 aliphatic rings. The van der Waals surface area contributed by atoms with E-state index in [1.807, 2.05) is 0 Å². The Hall–Kier alpha value is -9.02. The number of nitrogens with two attached hydrogens (primary N) is 1. The molecule has 0 bridgehead atoms. The van der Waals surface area contributed by atoms with Gasteiger partial charge in [0.15, 0.2) is 0 Å². The molecule has 0 saturated carbocycles. The molecule has 87 heavy (non-hydrogen) atoms. The first-order chi connectivity index (χ1) is 41.1. The van der Waals surface area contributed by atoms with Crippen LogP contribution in [0.5, 0.6) is 5.75 Å². The van der Waals surface area contributed by atoms with E-state index >= 15 is 0 Å². The number of phenolic OH excluding ortho intramolecular Hbond substituents is 1. The zero-order valence-electron chi connectivity index (χ0n) is 49.3. The normalized spacial score (nSPS) is 16.4. The molecule has 28 nitrogen and oxygen atoms in total. The lowest BCUT2D eigenvalue weighted by atomic mass is 10.00. The zero-order valence-corrected chi connectivity index (χ0v) is 49.3. The lowest BCUT2D eigenvalue weighted by molar-refractivity contribution is -0.143. The number of aromatic hydroxyl groups is 1. The van der Waals surface area contributed by atoms with Crippen molar-refractivity contribution < 1.29 is 83.1 Å². The Morgan fingerprint density at radius 2 is 1.07 bits per heavy atom. The molecule has 0 aromatic heterocycles. The molecule has 1 saturated heterocycles. The monoisotopic (exact) mass is 1220 g/mol. The fourth-order valence-corrected chi connectivity index (χ4v) is 9.25. The number of carbonyl (C=O) groups excluding carboxylic acids is 10. The van der Waals surface area contributed by atoms with Crippen molar-refractivity contribution in [2.45, 2.75) is 153 Å². The molecule has 28 heteroatoms. The Morgan fingerprint density at radius 3 is 1.61 bits per heavy atom. The second kappa shape index (κ2) is 34.2. The highest BCUT2D eigenvalue weighted by Gasteiger charge is 2.42. The van der Waals surface area contributed by atoms with Crippen LogP contribution in [0.4, 0.5) is 0 Å². The number of aliphatic hydroxyl groups is 2. The summed E-state index contributed by atoms with van der Waals surface area (Å²) in [6.45, 7) is 7.20. The van der Waals surface area contributed by atoms with Gasteiger partial charge in [-0.2, -0.15) is 0 Å². The molecular formula is C59H81N11O17. The number of amides is 10. The maximum atomic E-state index is 14.2. The van der Waals surface area contributed by atoms with Crippen molar-refractivity contribution in [3.63, 3.8) is 0 Å². The predicted molar refractivity (Wildman–Crippen MR) is 312 cm³/mol. The highest BCUT2D eigenvalue weighted by atomic mass is 16.4. The van der Waals surface area contributed by atoms with Gasteiger partial charge in [0.05, 0.1) is 25.3 Å². The van der Waals surface area contributed by atoms with Crippen molar-refractivity contribution in [3.05, 3.63) is 102 Å². The number of carbonyl (C=O) groups is 12. The van der Waals surface area contributed by atoms with Gasteiger partial charge in [0.25, 0.3) is 0 Å². The fourth-order valence-electron chi connectivity index (χ4n) is 9.25. The number of rotatable bonds is 33. The van der Waals surface area contributed by atoms with Crippen molar-refractivity contribution in [2.75, 3.05) is 19.7 Å². The van der Waals surface area contributed by atoms with Crippen LogP contribution in [0.2, 0.25) is 0 Å². The van der Waals surface area contributed by atoms with E-state index in [2.05, 4.69) is 47.9 Å². The third-order valence-electron chi connectivity index (χ3n) is 14.2. The van der Waals surface area contributed by atoms with Gasteiger partial charge in [-0.25, -0.2) is 4.79 Å². The largest absolute Gasteiger partial charge is 0.508 e. The molecule has 1 fully saturated rings. The van der Waals surface area contributed by atoms with Gasteiger partial charge in [0, 0.05) is 25.8 Å². The average Bonchev–Trinajstić information content (AvgIpc) is 3.84. The van der Waals surface area contributed by atoms with E-state index in [4.69, 9.17) is 5.73 Å². The molecule has 4 rings (SSSR count). The van der Waals surface area contributed by atoms with Gasteiger partial charge >= 0.3 is 11.9 Å². The van der Waals surface area contributed by atoms with Gasteiger partial charge in [-0.3, -0.25) is 52.7 Å². The number of aliphatic carboxylic acids is 2. The van der Waals surface area contributed by atoms with Crippen molar-refractivity contribution in [1.29, 1.82) is 0 Å². The second-order valence-corrected chi connectivity index (χ2v) is 21.9. The summed E-state index contributed by atoms with van der Waals surface area (Å²) in [7, 11) is 0. The second-order valence-electron chi connectivity index (χ2n) is 21.9. The Kier molecular flexibility index (Phi) is 27.7. The van der Waals surface area contributed by atoms with Crippen LogP contribution in [0.3, 0.4) is 0 Å². The summed E-state index contributed by atoms with van der Waals surface area (Å²) in [5.74, 6) is -12.9. The number of phenols is 1. The molecule has 0 unspecified atom stereocenters. The van der Waals surface area contributed by atoms with Crippen LogP contribution in [0.1, 0.15) is 83.9 Å². The molecule has 10 amide bonds. The van der Waals surface area contributed by atoms with Gasteiger partial charge in [-0.15, -0.1) is 0 Å². The summed E-state index contributed by atoms with van der Waals surface area (Å²) in [6, 6.07) is 8.83. The zero-order chi connectivity index (χ0) is 64.7. The number of hydrogen-bond donors (Lipinski definition) is 15. The molecular weight excluding hydrogens is 1130 g/mol. The Balaban J connectivity index is 1.40. The highest BCUT2D eigenvalue weighted by Crippen LogP contribution is 2.22. The van der Waals surface area contributed by atoms with Crippen LogP contribution in [0.15, 0.2) is 84.9 Å². The lowest BCUT2D eigenvalue weighted by Crippen LogP contribution is -2.62. The number of benzene rings is 3. The molecule has 0 aliphatic carbocycles. The van der Waals surface area contributed by atoms with E-state index in [0.717, 1.165) is 0 Å². The van der Waals surface area contributed by atoms with E-state index in [9.17, 15) is 83.1 Å². The van der Waals surface area contributed by atoms with E-state index in [0.29, 0.717) is 23.1 Å². The number of aliphatic hydroxyl groups excluding tert-OH is 2. The predicted octanol–water partition coefficient (Wildman–Crippen LogP) is -2.61. The molecule has 1 heterocycles. The molecule has 1 aliphatic heterocycles. The van der Waals surface area contributed by atoms with Gasteiger partial charge < -0.3 is 84.0 Å². The first-order valence-corrected chi connectivity index (χ1v) is 28.4. The SMILES string of the molecule is CC(C)[C@H](NC(=O)[C@H](Cc1ccccc1)NC(=O)[C@@H](NC(=O)[C@@H]1CCCN1C(=O)[C@@H](NC(=O)[C@@H](N)Cc1ccc(O)cc1)C(C)C)[C@@H](C)O)C(=O)NCC(=O)N[C@@H](CO)C(=O)N[C@@H](CCC(=O)O)C(=O)N[C@@H](C)C(=O)N[C@@H](Cc1ccccc1)C(=O)O. The summed E-state index contributed by atoms with van der Waals surface area (Å²) in [5, 5.41) is 71.5. The molecule has 3 aromatic carbocycles. The molecule has 474 valence electrons. The van der Waals surface area contributed by atoms with Crippen molar-refractivity contribution >= 4 is 71.0 Å². The van der Waals surface area contributed by atoms with Crippen LogP contribution in [0, 0.1) is 11.8 Å². The Morgan fingerprint density at radius 1 is 0.552 bits per heavy atom. The van der Waals surface area contributed by atoms with Crippen LogP contribution < -0.4 is 53.6 Å². The van der Waals surface area contributed by atoms with Crippen LogP contribution >= 0.6 is 0 Å². The van der Waals surface area contributed by atoms with E-state index in [-0.39, 0.29) is 38.0 Å². The number of carboxylic acids is 2. The first kappa shape index (κ1) is 70.5. The number of hydrogen-bond acceptors (Lipinski definition) is 16. The maximum Gasteiger partial charge on any atom is 0.326 e. The fraction of sp³-hybridized carbons (Fsp3) is 0.492. The number of nitrogens with one attached hydrogen (secondary N) is 9. The molecule has 11 atom stereocenters. The smallest absolute Gasteiger partial charge is 0.326 e. The summed E-state index contributed by atoms with van der Waals surface area (Å²) in [6.07, 6.45) is -2.36. The first-order valence-electron chi connectivity index (χ1n) is 28.4. The van der Waals surface area contributed by atoms with Gasteiger partial charge in [0.1, 0.15) is 60.1 Å². The number of nitrogens with zero attached hydrogens (tertiary/aromatic N) is 1. The molecule has 16 N–H and O–H groups in total. The summed E-state index contributed by atoms with van der Waals surface area (Å²) < 4.78 is 0.